The predicted octanol–water partition coefficient (Wildman–Crippen LogP) is 1.65. The molecule has 1 aliphatic rings. The van der Waals surface area contributed by atoms with Crippen LogP contribution in [0.3, 0.4) is 0 Å². The molecule has 1 N–H and O–H groups in total. The zero-order chi connectivity index (χ0) is 19.1. The van der Waals surface area contributed by atoms with E-state index in [9.17, 15) is 14.0 Å². The lowest BCUT2D eigenvalue weighted by atomic mass is 9.99. The van der Waals surface area contributed by atoms with Gasteiger partial charge in [-0.25, -0.2) is 9.18 Å². The summed E-state index contributed by atoms with van der Waals surface area (Å²) in [6, 6.07) is 5.84. The highest BCUT2D eigenvalue weighted by Gasteiger charge is 2.27. The van der Waals surface area contributed by atoms with Gasteiger partial charge < -0.3 is 15.0 Å². The number of ether oxygens (including phenoxy) is 1. The Hall–Kier alpha value is -2.15. The molecule has 1 saturated heterocycles. The standard InChI is InChI=1S/C19H28FN3O3/c1-4-14(2)18(19(25)26-3)21-17(24)13-22-9-11-23(12-10-22)16-7-5-15(20)6-8-16/h5-8,14,18H,4,9-13H2,1-3H3,(H,21,24)/t14-,18+/m1/s1. The number of methoxy groups -OCH3 is 1. The summed E-state index contributed by atoms with van der Waals surface area (Å²) in [6.45, 7) is 7.15. The van der Waals surface area contributed by atoms with Crippen molar-refractivity contribution in [3.8, 4) is 0 Å². The van der Waals surface area contributed by atoms with E-state index < -0.39 is 12.0 Å². The molecule has 0 aromatic heterocycles. The van der Waals surface area contributed by atoms with E-state index in [0.717, 1.165) is 38.3 Å². The second-order valence-electron chi connectivity index (χ2n) is 6.69. The molecule has 6 nitrogen and oxygen atoms in total. The van der Waals surface area contributed by atoms with Gasteiger partial charge in [-0.1, -0.05) is 20.3 Å². The van der Waals surface area contributed by atoms with Gasteiger partial charge in [0.2, 0.25) is 5.91 Å². The van der Waals surface area contributed by atoms with E-state index in [4.69, 9.17) is 4.74 Å². The van der Waals surface area contributed by atoms with E-state index in [-0.39, 0.29) is 24.2 Å². The molecule has 1 aliphatic heterocycles. The van der Waals surface area contributed by atoms with E-state index in [1.165, 1.54) is 19.2 Å². The number of amides is 1. The van der Waals surface area contributed by atoms with Crippen LogP contribution in [0.5, 0.6) is 0 Å². The lowest BCUT2D eigenvalue weighted by Gasteiger charge is -2.36. The Morgan fingerprint density at radius 3 is 2.35 bits per heavy atom. The summed E-state index contributed by atoms with van der Waals surface area (Å²) in [5.41, 5.74) is 0.984. The molecule has 1 heterocycles. The van der Waals surface area contributed by atoms with Gasteiger partial charge in [0.05, 0.1) is 13.7 Å². The van der Waals surface area contributed by atoms with Gasteiger partial charge in [-0.2, -0.15) is 0 Å². The number of carbonyl (C=O) groups excluding carboxylic acids is 2. The molecular formula is C19H28FN3O3. The highest BCUT2D eigenvalue weighted by Crippen LogP contribution is 2.17. The summed E-state index contributed by atoms with van der Waals surface area (Å²) in [7, 11) is 1.33. The SMILES string of the molecule is CC[C@@H](C)[C@H](NC(=O)CN1CCN(c2ccc(F)cc2)CC1)C(=O)OC. The number of nitrogens with zero attached hydrogens (tertiary/aromatic N) is 2. The highest BCUT2D eigenvalue weighted by molar-refractivity contribution is 5.85. The maximum atomic E-state index is 13.0. The average Bonchev–Trinajstić information content (AvgIpc) is 2.66. The number of nitrogens with one attached hydrogen (secondary N) is 1. The first-order chi connectivity index (χ1) is 12.4. The minimum Gasteiger partial charge on any atom is -0.467 e. The largest absolute Gasteiger partial charge is 0.467 e. The Kier molecular flexibility index (Phi) is 7.38. The third-order valence-electron chi connectivity index (χ3n) is 4.92. The number of benzene rings is 1. The van der Waals surface area contributed by atoms with Crippen molar-refractivity contribution < 1.29 is 18.7 Å². The van der Waals surface area contributed by atoms with Crippen LogP contribution in [-0.2, 0) is 14.3 Å². The van der Waals surface area contributed by atoms with Gasteiger partial charge in [-0.05, 0) is 30.2 Å². The third-order valence-corrected chi connectivity index (χ3v) is 4.92. The van der Waals surface area contributed by atoms with Gasteiger partial charge in [0, 0.05) is 31.9 Å². The fourth-order valence-corrected chi connectivity index (χ4v) is 3.03. The van der Waals surface area contributed by atoms with Gasteiger partial charge in [0.15, 0.2) is 0 Å². The second-order valence-corrected chi connectivity index (χ2v) is 6.69. The predicted molar refractivity (Wildman–Crippen MR) is 98.5 cm³/mol. The van der Waals surface area contributed by atoms with Crippen molar-refractivity contribution in [2.45, 2.75) is 26.3 Å². The van der Waals surface area contributed by atoms with Gasteiger partial charge in [0.25, 0.3) is 0 Å². The Morgan fingerprint density at radius 2 is 1.81 bits per heavy atom. The van der Waals surface area contributed by atoms with Crippen LogP contribution in [0.2, 0.25) is 0 Å². The molecule has 144 valence electrons. The number of hydrogen-bond donors (Lipinski definition) is 1. The van der Waals surface area contributed by atoms with Gasteiger partial charge in [-0.3, -0.25) is 9.69 Å². The van der Waals surface area contributed by atoms with Gasteiger partial charge in [-0.15, -0.1) is 0 Å². The summed E-state index contributed by atoms with van der Waals surface area (Å²) < 4.78 is 17.8. The summed E-state index contributed by atoms with van der Waals surface area (Å²) in [5.74, 6) is -0.808. The molecule has 26 heavy (non-hydrogen) atoms. The van der Waals surface area contributed by atoms with Crippen molar-refractivity contribution in [1.82, 2.24) is 10.2 Å². The molecule has 1 amide bonds. The summed E-state index contributed by atoms with van der Waals surface area (Å²) in [6.07, 6.45) is 0.774. The van der Waals surface area contributed by atoms with E-state index in [2.05, 4.69) is 15.1 Å². The molecule has 0 aliphatic carbocycles. The van der Waals surface area contributed by atoms with Crippen LogP contribution in [0.15, 0.2) is 24.3 Å². The van der Waals surface area contributed by atoms with E-state index in [0.29, 0.717) is 0 Å². The molecule has 0 bridgehead atoms. The molecule has 1 fully saturated rings. The van der Waals surface area contributed by atoms with Crippen LogP contribution < -0.4 is 10.2 Å². The molecule has 2 rings (SSSR count). The summed E-state index contributed by atoms with van der Waals surface area (Å²) in [5, 5.41) is 2.80. The molecule has 1 aromatic carbocycles. The minimum atomic E-state index is -0.613. The van der Waals surface area contributed by atoms with E-state index in [1.807, 2.05) is 13.8 Å². The molecule has 7 heteroatoms. The normalized spacial score (nSPS) is 17.5. The van der Waals surface area contributed by atoms with E-state index >= 15 is 0 Å². The zero-order valence-electron chi connectivity index (χ0n) is 15.7. The first-order valence-electron chi connectivity index (χ1n) is 9.04. The summed E-state index contributed by atoms with van der Waals surface area (Å²) in [4.78, 5) is 28.4. The quantitative estimate of drug-likeness (QED) is 0.745. The van der Waals surface area contributed by atoms with Crippen LogP contribution in [0.25, 0.3) is 0 Å². The molecule has 0 radical (unpaired) electrons. The molecular weight excluding hydrogens is 337 g/mol. The molecule has 0 unspecified atom stereocenters. The van der Waals surface area contributed by atoms with Gasteiger partial charge in [0.1, 0.15) is 11.9 Å². The Bertz CT molecular complexity index is 601. The number of anilines is 1. The lowest BCUT2D eigenvalue weighted by molar-refractivity contribution is -0.146. The maximum Gasteiger partial charge on any atom is 0.328 e. The molecule has 2 atom stereocenters. The maximum absolute atomic E-state index is 13.0. The van der Waals surface area contributed by atoms with Crippen molar-refractivity contribution in [2.24, 2.45) is 5.92 Å². The van der Waals surface area contributed by atoms with Crippen molar-refractivity contribution in [3.05, 3.63) is 30.1 Å². The van der Waals surface area contributed by atoms with Crippen LogP contribution in [-0.4, -0.2) is 62.7 Å². The highest BCUT2D eigenvalue weighted by atomic mass is 19.1. The van der Waals surface area contributed by atoms with Crippen molar-refractivity contribution >= 4 is 17.6 Å². The second kappa shape index (κ2) is 9.52. The van der Waals surface area contributed by atoms with E-state index in [1.54, 1.807) is 12.1 Å². The number of rotatable bonds is 7. The number of hydrogen-bond acceptors (Lipinski definition) is 5. The Balaban J connectivity index is 1.83. The van der Waals surface area contributed by atoms with Crippen molar-refractivity contribution in [1.29, 1.82) is 0 Å². The van der Waals surface area contributed by atoms with Crippen LogP contribution >= 0.6 is 0 Å². The average molecular weight is 365 g/mol. The number of halogens is 1. The first kappa shape index (κ1) is 20.2. The van der Waals surface area contributed by atoms with Crippen molar-refractivity contribution in [2.75, 3.05) is 44.7 Å². The van der Waals surface area contributed by atoms with Crippen LogP contribution in [0.1, 0.15) is 20.3 Å². The first-order valence-corrected chi connectivity index (χ1v) is 9.04. The van der Waals surface area contributed by atoms with Crippen LogP contribution in [0, 0.1) is 11.7 Å². The van der Waals surface area contributed by atoms with Gasteiger partial charge >= 0.3 is 5.97 Å². The fraction of sp³-hybridized carbons (Fsp3) is 0.579. The Labute approximate surface area is 154 Å². The molecule has 1 aromatic rings. The van der Waals surface area contributed by atoms with Crippen molar-refractivity contribution in [3.63, 3.8) is 0 Å². The topological polar surface area (TPSA) is 61.9 Å². The number of piperazine rings is 1. The zero-order valence-corrected chi connectivity index (χ0v) is 15.7. The summed E-state index contributed by atoms with van der Waals surface area (Å²) >= 11 is 0. The minimum absolute atomic E-state index is 0.0155. The number of esters is 1. The fourth-order valence-electron chi connectivity index (χ4n) is 3.03. The van der Waals surface area contributed by atoms with Crippen LogP contribution in [0.4, 0.5) is 10.1 Å². The monoisotopic (exact) mass is 365 g/mol. The number of carbonyl (C=O) groups is 2. The Morgan fingerprint density at radius 1 is 1.19 bits per heavy atom. The smallest absolute Gasteiger partial charge is 0.328 e. The lowest BCUT2D eigenvalue weighted by Crippen LogP contribution is -2.52. The molecule has 0 saturated carbocycles. The molecule has 0 spiro atoms. The third kappa shape index (κ3) is 5.42.